The summed E-state index contributed by atoms with van der Waals surface area (Å²) in [6.45, 7) is 6.57. The number of hydrogen-bond acceptors (Lipinski definition) is 2. The van der Waals surface area contributed by atoms with Gasteiger partial charge in [0.1, 0.15) is 0 Å². The predicted molar refractivity (Wildman–Crippen MR) is 62.9 cm³/mol. The summed E-state index contributed by atoms with van der Waals surface area (Å²) in [5.74, 6) is 0.680. The van der Waals surface area contributed by atoms with Gasteiger partial charge in [-0.15, -0.1) is 0 Å². The highest BCUT2D eigenvalue weighted by Gasteiger charge is 2.42. The van der Waals surface area contributed by atoms with Crippen LogP contribution in [0.25, 0.3) is 0 Å². The molecule has 2 rings (SSSR count). The second kappa shape index (κ2) is 4.42. The van der Waals surface area contributed by atoms with Gasteiger partial charge in [0.15, 0.2) is 0 Å². The highest BCUT2D eigenvalue weighted by molar-refractivity contribution is 4.97. The topological polar surface area (TPSA) is 23.5 Å². The lowest BCUT2D eigenvalue weighted by Gasteiger charge is -2.26. The van der Waals surface area contributed by atoms with E-state index in [-0.39, 0.29) is 5.60 Å². The molecular weight excluding hydrogens is 186 g/mol. The molecule has 0 spiro atoms. The fraction of sp³-hybridized carbons (Fsp3) is 1.00. The van der Waals surface area contributed by atoms with Gasteiger partial charge in [-0.25, -0.2) is 0 Å². The third kappa shape index (κ3) is 2.94. The zero-order chi connectivity index (χ0) is 10.9. The predicted octanol–water partition coefficient (Wildman–Crippen LogP) is 2.41. The van der Waals surface area contributed by atoms with Gasteiger partial charge in [0, 0.05) is 19.1 Å². The Labute approximate surface area is 93.7 Å². The molecule has 1 saturated carbocycles. The minimum atomic E-state index is -0.364. The van der Waals surface area contributed by atoms with E-state index in [9.17, 15) is 5.11 Å². The highest BCUT2D eigenvalue weighted by atomic mass is 16.3. The summed E-state index contributed by atoms with van der Waals surface area (Å²) in [6, 6.07) is 0.820. The Balaban J connectivity index is 1.80. The summed E-state index contributed by atoms with van der Waals surface area (Å²) in [5, 5.41) is 10.5. The van der Waals surface area contributed by atoms with Crippen LogP contribution in [0.4, 0.5) is 0 Å². The molecule has 0 aromatic heterocycles. The van der Waals surface area contributed by atoms with Gasteiger partial charge in [-0.05, 0) is 31.6 Å². The molecule has 2 atom stereocenters. The Kier molecular flexibility index (Phi) is 3.36. The monoisotopic (exact) mass is 211 g/mol. The first-order chi connectivity index (χ1) is 7.13. The Morgan fingerprint density at radius 2 is 2.20 bits per heavy atom. The van der Waals surface area contributed by atoms with Gasteiger partial charge in [0.05, 0.1) is 5.60 Å². The van der Waals surface area contributed by atoms with E-state index in [1.165, 1.54) is 25.7 Å². The number of nitrogens with zero attached hydrogens (tertiary/aromatic N) is 1. The van der Waals surface area contributed by atoms with Crippen molar-refractivity contribution in [2.24, 2.45) is 5.92 Å². The number of β-amino-alcohol motifs (C(OH)–C–C–N with tert-alkyl or cyclic N) is 1. The standard InChI is InChI=1S/C13H25NO/c1-3-4-11(2)9-13(15)7-8-14(10-13)12-5-6-12/h11-12,15H,3-10H2,1-2H3. The summed E-state index contributed by atoms with van der Waals surface area (Å²) in [4.78, 5) is 2.50. The third-order valence-electron chi connectivity index (χ3n) is 3.93. The fourth-order valence-electron chi connectivity index (χ4n) is 3.05. The molecule has 0 aromatic carbocycles. The number of rotatable bonds is 5. The molecule has 88 valence electrons. The van der Waals surface area contributed by atoms with Crippen LogP contribution >= 0.6 is 0 Å². The number of hydrogen-bond donors (Lipinski definition) is 1. The van der Waals surface area contributed by atoms with Crippen molar-refractivity contribution in [1.82, 2.24) is 4.90 Å². The van der Waals surface area contributed by atoms with Crippen molar-refractivity contribution in [1.29, 1.82) is 0 Å². The maximum absolute atomic E-state index is 10.5. The maximum atomic E-state index is 10.5. The largest absolute Gasteiger partial charge is 0.388 e. The van der Waals surface area contributed by atoms with E-state index in [1.54, 1.807) is 0 Å². The van der Waals surface area contributed by atoms with Crippen LogP contribution in [0.3, 0.4) is 0 Å². The fourth-order valence-corrected chi connectivity index (χ4v) is 3.05. The first-order valence-electron chi connectivity index (χ1n) is 6.59. The van der Waals surface area contributed by atoms with Gasteiger partial charge in [-0.1, -0.05) is 26.7 Å². The van der Waals surface area contributed by atoms with Gasteiger partial charge in [-0.3, -0.25) is 4.90 Å². The summed E-state index contributed by atoms with van der Waals surface area (Å²) < 4.78 is 0. The smallest absolute Gasteiger partial charge is 0.0788 e. The molecule has 2 nitrogen and oxygen atoms in total. The minimum absolute atomic E-state index is 0.364. The van der Waals surface area contributed by atoms with E-state index in [4.69, 9.17) is 0 Å². The number of likely N-dealkylation sites (tertiary alicyclic amines) is 1. The molecule has 2 unspecified atom stereocenters. The molecule has 1 aliphatic heterocycles. The Hall–Kier alpha value is -0.0800. The Morgan fingerprint density at radius 1 is 1.47 bits per heavy atom. The van der Waals surface area contributed by atoms with Gasteiger partial charge in [0.2, 0.25) is 0 Å². The van der Waals surface area contributed by atoms with Crippen molar-refractivity contribution in [3.63, 3.8) is 0 Å². The van der Waals surface area contributed by atoms with E-state index in [1.807, 2.05) is 0 Å². The van der Waals surface area contributed by atoms with Gasteiger partial charge < -0.3 is 5.11 Å². The quantitative estimate of drug-likeness (QED) is 0.755. The molecular formula is C13H25NO. The van der Waals surface area contributed by atoms with Crippen LogP contribution in [-0.2, 0) is 0 Å². The zero-order valence-corrected chi connectivity index (χ0v) is 10.2. The normalized spacial score (nSPS) is 34.6. The molecule has 0 amide bonds. The van der Waals surface area contributed by atoms with Crippen LogP contribution < -0.4 is 0 Å². The van der Waals surface area contributed by atoms with E-state index in [0.29, 0.717) is 5.92 Å². The van der Waals surface area contributed by atoms with Crippen LogP contribution in [0.1, 0.15) is 52.4 Å². The lowest BCUT2D eigenvalue weighted by atomic mass is 9.88. The molecule has 2 fully saturated rings. The molecule has 1 N–H and O–H groups in total. The summed E-state index contributed by atoms with van der Waals surface area (Å²) >= 11 is 0. The van der Waals surface area contributed by atoms with Crippen LogP contribution in [0, 0.1) is 5.92 Å². The van der Waals surface area contributed by atoms with Crippen molar-refractivity contribution in [2.45, 2.75) is 64.0 Å². The molecule has 15 heavy (non-hydrogen) atoms. The SMILES string of the molecule is CCCC(C)CC1(O)CCN(C2CC2)C1. The Morgan fingerprint density at radius 3 is 2.80 bits per heavy atom. The average Bonchev–Trinajstić information content (AvgIpc) is 2.92. The van der Waals surface area contributed by atoms with Crippen LogP contribution in [0.15, 0.2) is 0 Å². The number of aliphatic hydroxyl groups is 1. The van der Waals surface area contributed by atoms with Crippen molar-refractivity contribution < 1.29 is 5.11 Å². The van der Waals surface area contributed by atoms with Crippen molar-refractivity contribution >= 4 is 0 Å². The summed E-state index contributed by atoms with van der Waals surface area (Å²) in [6.07, 6.45) is 7.22. The lowest BCUT2D eigenvalue weighted by molar-refractivity contribution is 0.0247. The minimum Gasteiger partial charge on any atom is -0.388 e. The third-order valence-corrected chi connectivity index (χ3v) is 3.93. The van der Waals surface area contributed by atoms with E-state index in [2.05, 4.69) is 18.7 Å². The molecule has 2 aliphatic rings. The maximum Gasteiger partial charge on any atom is 0.0788 e. The first kappa shape index (κ1) is 11.4. The first-order valence-corrected chi connectivity index (χ1v) is 6.59. The zero-order valence-electron chi connectivity index (χ0n) is 10.2. The second-order valence-electron chi connectivity index (χ2n) is 5.77. The van der Waals surface area contributed by atoms with E-state index in [0.717, 1.165) is 32.0 Å². The Bertz CT molecular complexity index is 215. The van der Waals surface area contributed by atoms with Gasteiger partial charge in [0.25, 0.3) is 0 Å². The molecule has 0 aromatic rings. The van der Waals surface area contributed by atoms with Gasteiger partial charge in [-0.2, -0.15) is 0 Å². The van der Waals surface area contributed by atoms with E-state index >= 15 is 0 Å². The molecule has 1 aliphatic carbocycles. The molecule has 0 radical (unpaired) electrons. The molecule has 1 saturated heterocycles. The highest BCUT2D eigenvalue weighted by Crippen LogP contribution is 2.36. The van der Waals surface area contributed by atoms with Crippen LogP contribution in [0.2, 0.25) is 0 Å². The van der Waals surface area contributed by atoms with Crippen LogP contribution in [-0.4, -0.2) is 34.7 Å². The van der Waals surface area contributed by atoms with Crippen LogP contribution in [0.5, 0.6) is 0 Å². The van der Waals surface area contributed by atoms with Crippen molar-refractivity contribution in [3.05, 3.63) is 0 Å². The van der Waals surface area contributed by atoms with Gasteiger partial charge >= 0.3 is 0 Å². The van der Waals surface area contributed by atoms with E-state index < -0.39 is 0 Å². The van der Waals surface area contributed by atoms with Crippen molar-refractivity contribution in [3.8, 4) is 0 Å². The average molecular weight is 211 g/mol. The molecule has 1 heterocycles. The molecule has 2 heteroatoms. The summed E-state index contributed by atoms with van der Waals surface area (Å²) in [5.41, 5.74) is -0.364. The molecule has 0 bridgehead atoms. The second-order valence-corrected chi connectivity index (χ2v) is 5.77. The van der Waals surface area contributed by atoms with Crippen molar-refractivity contribution in [2.75, 3.05) is 13.1 Å². The summed E-state index contributed by atoms with van der Waals surface area (Å²) in [7, 11) is 0. The lowest BCUT2D eigenvalue weighted by Crippen LogP contribution is -2.35.